The van der Waals surface area contributed by atoms with Gasteiger partial charge in [-0.25, -0.2) is 4.39 Å². The Hall–Kier alpha value is -2.51. The molecule has 1 saturated heterocycles. The maximum atomic E-state index is 13.9. The molecule has 2 aliphatic rings. The van der Waals surface area contributed by atoms with Crippen molar-refractivity contribution in [2.75, 3.05) is 51.0 Å². The zero-order chi connectivity index (χ0) is 18.6. The Morgan fingerprint density at radius 2 is 1.89 bits per heavy atom. The predicted molar refractivity (Wildman–Crippen MR) is 98.2 cm³/mol. The number of aliphatic hydroxyl groups is 1. The number of anilines is 1. The lowest BCUT2D eigenvalue weighted by atomic mass is 10.2. The summed E-state index contributed by atoms with van der Waals surface area (Å²) in [5, 5.41) is 10.3. The number of para-hydroxylation sites is 1. The smallest absolute Gasteiger partial charge is 0.231 e. The molecule has 0 amide bonds. The molecular formula is C20H24FN2O4+. The van der Waals surface area contributed by atoms with E-state index < -0.39 is 6.10 Å². The van der Waals surface area contributed by atoms with Crippen molar-refractivity contribution in [2.45, 2.75) is 6.10 Å². The van der Waals surface area contributed by atoms with Gasteiger partial charge >= 0.3 is 0 Å². The van der Waals surface area contributed by atoms with Crippen LogP contribution in [0.1, 0.15) is 0 Å². The average Bonchev–Trinajstić information content (AvgIpc) is 3.15. The largest absolute Gasteiger partial charge is 0.491 e. The first-order valence-electron chi connectivity index (χ1n) is 9.22. The van der Waals surface area contributed by atoms with E-state index >= 15 is 0 Å². The molecule has 4 rings (SSSR count). The number of rotatable bonds is 6. The summed E-state index contributed by atoms with van der Waals surface area (Å²) in [5.41, 5.74) is 0.656. The molecule has 7 heteroatoms. The minimum absolute atomic E-state index is 0.182. The SMILES string of the molecule is O[C@@H](COc1ccc2c(c1)OCO2)C[NH+]1CCN(c2ccccc2F)CC1. The van der Waals surface area contributed by atoms with E-state index in [0.29, 0.717) is 29.5 Å². The van der Waals surface area contributed by atoms with Gasteiger partial charge in [0.2, 0.25) is 6.79 Å². The minimum Gasteiger partial charge on any atom is -0.491 e. The van der Waals surface area contributed by atoms with Crippen LogP contribution in [-0.2, 0) is 0 Å². The highest BCUT2D eigenvalue weighted by molar-refractivity contribution is 5.48. The van der Waals surface area contributed by atoms with Gasteiger partial charge in [-0.2, -0.15) is 0 Å². The summed E-state index contributed by atoms with van der Waals surface area (Å²) in [6, 6.07) is 12.2. The average molecular weight is 375 g/mol. The molecule has 1 fully saturated rings. The standard InChI is InChI=1S/C20H23FN2O4/c21-17-3-1-2-4-18(17)23-9-7-22(8-10-23)12-15(24)13-25-16-5-6-19-20(11-16)27-14-26-19/h1-6,11,15,24H,7-10,12-14H2/p+1/t15-/m1/s1. The van der Waals surface area contributed by atoms with Gasteiger partial charge in [0.25, 0.3) is 0 Å². The Balaban J connectivity index is 1.22. The summed E-state index contributed by atoms with van der Waals surface area (Å²) in [6.07, 6.45) is -0.564. The van der Waals surface area contributed by atoms with Crippen LogP contribution < -0.4 is 24.0 Å². The Bertz CT molecular complexity index is 780. The molecule has 1 atom stereocenters. The molecule has 6 nitrogen and oxygen atoms in total. The molecule has 0 aliphatic carbocycles. The highest BCUT2D eigenvalue weighted by Crippen LogP contribution is 2.35. The van der Waals surface area contributed by atoms with Crippen molar-refractivity contribution < 1.29 is 28.6 Å². The lowest BCUT2D eigenvalue weighted by molar-refractivity contribution is -0.903. The van der Waals surface area contributed by atoms with Gasteiger partial charge in [0.05, 0.1) is 31.9 Å². The molecule has 0 saturated carbocycles. The third kappa shape index (κ3) is 4.26. The maximum Gasteiger partial charge on any atom is 0.231 e. The fraction of sp³-hybridized carbons (Fsp3) is 0.400. The predicted octanol–water partition coefficient (Wildman–Crippen LogP) is 0.699. The lowest BCUT2D eigenvalue weighted by Crippen LogP contribution is -3.16. The minimum atomic E-state index is -0.564. The Morgan fingerprint density at radius 1 is 1.11 bits per heavy atom. The van der Waals surface area contributed by atoms with Crippen molar-refractivity contribution in [3.05, 3.63) is 48.3 Å². The lowest BCUT2D eigenvalue weighted by Gasteiger charge is -2.34. The highest BCUT2D eigenvalue weighted by Gasteiger charge is 2.24. The van der Waals surface area contributed by atoms with Crippen LogP contribution in [0.3, 0.4) is 0 Å². The van der Waals surface area contributed by atoms with Crippen LogP contribution in [0, 0.1) is 5.82 Å². The number of hydrogen-bond acceptors (Lipinski definition) is 5. The number of quaternary nitrogens is 1. The number of hydrogen-bond donors (Lipinski definition) is 2. The van der Waals surface area contributed by atoms with E-state index in [4.69, 9.17) is 14.2 Å². The first-order valence-corrected chi connectivity index (χ1v) is 9.22. The molecule has 0 radical (unpaired) electrons. The highest BCUT2D eigenvalue weighted by atomic mass is 19.1. The van der Waals surface area contributed by atoms with Gasteiger partial charge in [-0.15, -0.1) is 0 Å². The van der Waals surface area contributed by atoms with Crippen LogP contribution >= 0.6 is 0 Å². The zero-order valence-corrected chi connectivity index (χ0v) is 15.1. The monoisotopic (exact) mass is 375 g/mol. The number of benzene rings is 2. The quantitative estimate of drug-likeness (QED) is 0.779. The fourth-order valence-corrected chi connectivity index (χ4v) is 3.53. The van der Waals surface area contributed by atoms with E-state index in [1.165, 1.54) is 11.0 Å². The molecule has 27 heavy (non-hydrogen) atoms. The van der Waals surface area contributed by atoms with E-state index in [-0.39, 0.29) is 19.2 Å². The topological polar surface area (TPSA) is 55.6 Å². The number of fused-ring (bicyclic) bond motifs is 1. The Kier molecular flexibility index (Phi) is 5.31. The molecule has 0 bridgehead atoms. The molecule has 144 valence electrons. The van der Waals surface area contributed by atoms with Crippen molar-refractivity contribution in [3.63, 3.8) is 0 Å². The molecule has 0 aromatic heterocycles. The number of ether oxygens (including phenoxy) is 3. The summed E-state index contributed by atoms with van der Waals surface area (Å²) >= 11 is 0. The first kappa shape index (κ1) is 17.9. The molecule has 0 unspecified atom stereocenters. The molecule has 2 aromatic carbocycles. The van der Waals surface area contributed by atoms with Gasteiger partial charge < -0.3 is 29.1 Å². The molecule has 2 heterocycles. The van der Waals surface area contributed by atoms with Crippen LogP contribution in [0.2, 0.25) is 0 Å². The summed E-state index contributed by atoms with van der Waals surface area (Å²) in [4.78, 5) is 3.36. The van der Waals surface area contributed by atoms with Crippen molar-refractivity contribution in [3.8, 4) is 17.2 Å². The van der Waals surface area contributed by atoms with Gasteiger partial charge in [-0.1, -0.05) is 12.1 Å². The molecular weight excluding hydrogens is 351 g/mol. The van der Waals surface area contributed by atoms with Crippen LogP contribution in [0.15, 0.2) is 42.5 Å². The van der Waals surface area contributed by atoms with E-state index in [1.807, 2.05) is 12.1 Å². The second-order valence-corrected chi connectivity index (χ2v) is 6.87. The van der Waals surface area contributed by atoms with Crippen molar-refractivity contribution in [1.82, 2.24) is 0 Å². The second kappa shape index (κ2) is 8.02. The fourth-order valence-electron chi connectivity index (χ4n) is 3.53. The normalized spacial score (nSPS) is 17.8. The summed E-state index contributed by atoms with van der Waals surface area (Å²) in [6.45, 7) is 4.31. The van der Waals surface area contributed by atoms with Gasteiger partial charge in [-0.3, -0.25) is 0 Å². The van der Waals surface area contributed by atoms with E-state index in [1.54, 1.807) is 24.3 Å². The Labute approximate surface area is 157 Å². The van der Waals surface area contributed by atoms with Crippen molar-refractivity contribution in [2.24, 2.45) is 0 Å². The van der Waals surface area contributed by atoms with E-state index in [0.717, 1.165) is 26.2 Å². The molecule has 0 spiro atoms. The number of nitrogens with zero attached hydrogens (tertiary/aromatic N) is 1. The maximum absolute atomic E-state index is 13.9. The van der Waals surface area contributed by atoms with Crippen LogP contribution in [0.4, 0.5) is 10.1 Å². The van der Waals surface area contributed by atoms with Crippen LogP contribution in [0.25, 0.3) is 0 Å². The van der Waals surface area contributed by atoms with Gasteiger partial charge in [0.1, 0.15) is 30.8 Å². The second-order valence-electron chi connectivity index (χ2n) is 6.87. The molecule has 2 aromatic rings. The molecule has 2 N–H and O–H groups in total. The first-order chi connectivity index (χ1) is 13.2. The summed E-state index contributed by atoms with van der Waals surface area (Å²) < 4.78 is 30.2. The van der Waals surface area contributed by atoms with Crippen LogP contribution in [-0.4, -0.2) is 57.3 Å². The van der Waals surface area contributed by atoms with Crippen molar-refractivity contribution >= 4 is 5.69 Å². The van der Waals surface area contributed by atoms with Crippen molar-refractivity contribution in [1.29, 1.82) is 0 Å². The van der Waals surface area contributed by atoms with Crippen LogP contribution in [0.5, 0.6) is 17.2 Å². The van der Waals surface area contributed by atoms with E-state index in [9.17, 15) is 9.50 Å². The number of aliphatic hydroxyl groups excluding tert-OH is 1. The number of halogens is 1. The zero-order valence-electron chi connectivity index (χ0n) is 15.1. The number of nitrogens with one attached hydrogen (secondary N) is 1. The Morgan fingerprint density at radius 3 is 2.70 bits per heavy atom. The third-order valence-electron chi connectivity index (χ3n) is 4.97. The summed E-state index contributed by atoms with van der Waals surface area (Å²) in [7, 11) is 0. The molecule has 2 aliphatic heterocycles. The van der Waals surface area contributed by atoms with Gasteiger partial charge in [-0.05, 0) is 24.3 Å². The van der Waals surface area contributed by atoms with E-state index in [2.05, 4.69) is 4.90 Å². The number of piperazine rings is 1. The summed E-state index contributed by atoms with van der Waals surface area (Å²) in [5.74, 6) is 1.84. The third-order valence-corrected chi connectivity index (χ3v) is 4.97. The van der Waals surface area contributed by atoms with Gasteiger partial charge in [0, 0.05) is 6.07 Å². The van der Waals surface area contributed by atoms with Gasteiger partial charge in [0.15, 0.2) is 11.5 Å².